The molecule has 0 spiro atoms. The Kier molecular flexibility index (Phi) is 10.5. The van der Waals surface area contributed by atoms with Gasteiger partial charge >= 0.3 is 0 Å². The van der Waals surface area contributed by atoms with Gasteiger partial charge in [-0.3, -0.25) is 0 Å². The van der Waals surface area contributed by atoms with Crippen molar-refractivity contribution in [2.75, 3.05) is 0 Å². The minimum Gasteiger partial charge on any atom is -0.303 e. The van der Waals surface area contributed by atoms with Crippen molar-refractivity contribution in [3.05, 3.63) is 0 Å². The molecule has 0 N–H and O–H groups in total. The molecular weight excluding hydrogens is 172 g/mol. The zero-order chi connectivity index (χ0) is 10.6. The monoisotopic (exact) mass is 198 g/mol. The van der Waals surface area contributed by atoms with E-state index in [0.29, 0.717) is 5.92 Å². The summed E-state index contributed by atoms with van der Waals surface area (Å²) < 4.78 is 0. The Morgan fingerprint density at radius 1 is 1.00 bits per heavy atom. The summed E-state index contributed by atoms with van der Waals surface area (Å²) in [6.45, 7) is 4.42. The van der Waals surface area contributed by atoms with Gasteiger partial charge in [-0.05, 0) is 5.92 Å². The van der Waals surface area contributed by atoms with Crippen molar-refractivity contribution in [3.63, 3.8) is 0 Å². The first-order valence-corrected chi connectivity index (χ1v) is 6.24. The highest BCUT2D eigenvalue weighted by Crippen LogP contribution is 2.13. The minimum atomic E-state index is 0.600. The molecule has 0 bridgehead atoms. The molecule has 0 aliphatic carbocycles. The molecule has 1 heteroatoms. The molecule has 0 aromatic rings. The summed E-state index contributed by atoms with van der Waals surface area (Å²) >= 11 is 0. The van der Waals surface area contributed by atoms with E-state index in [1.165, 1.54) is 51.4 Å². The second-order valence-electron chi connectivity index (χ2n) is 4.42. The number of rotatable bonds is 10. The van der Waals surface area contributed by atoms with Gasteiger partial charge in [0.2, 0.25) is 0 Å². The van der Waals surface area contributed by atoms with Crippen LogP contribution in [0, 0.1) is 5.92 Å². The summed E-state index contributed by atoms with van der Waals surface area (Å²) in [5.41, 5.74) is 0. The molecule has 0 fully saturated rings. The maximum atomic E-state index is 10.2. The minimum absolute atomic E-state index is 0.600. The first kappa shape index (κ1) is 13.7. The molecule has 0 radical (unpaired) electrons. The number of carbonyl (C=O) groups is 1. The highest BCUT2D eigenvalue weighted by molar-refractivity contribution is 5.49. The third-order valence-corrected chi connectivity index (χ3v) is 2.80. The van der Waals surface area contributed by atoms with E-state index in [-0.39, 0.29) is 0 Å². The molecule has 0 heterocycles. The van der Waals surface area contributed by atoms with Crippen molar-refractivity contribution in [1.82, 2.24) is 0 Å². The second-order valence-corrected chi connectivity index (χ2v) is 4.42. The highest BCUT2D eigenvalue weighted by Gasteiger charge is 2.00. The smallest absolute Gasteiger partial charge is 0.120 e. The highest BCUT2D eigenvalue weighted by atomic mass is 16.1. The van der Waals surface area contributed by atoms with Gasteiger partial charge < -0.3 is 4.79 Å². The van der Waals surface area contributed by atoms with Gasteiger partial charge in [0.05, 0.1) is 0 Å². The van der Waals surface area contributed by atoms with E-state index in [1.54, 1.807) is 0 Å². The van der Waals surface area contributed by atoms with Gasteiger partial charge in [0.1, 0.15) is 6.29 Å². The van der Waals surface area contributed by atoms with Crippen molar-refractivity contribution in [2.24, 2.45) is 5.92 Å². The summed E-state index contributed by atoms with van der Waals surface area (Å²) in [5.74, 6) is 0.600. The van der Waals surface area contributed by atoms with Crippen LogP contribution in [0.3, 0.4) is 0 Å². The Morgan fingerprint density at radius 3 is 2.14 bits per heavy atom. The Balaban J connectivity index is 3.01. The van der Waals surface area contributed by atoms with E-state index >= 15 is 0 Å². The Bertz CT molecular complexity index is 120. The fraction of sp³-hybridized carbons (Fsp3) is 0.923. The standard InChI is InChI=1S/C13H26O/c1-3-4-5-6-7-8-9-10-13(2)11-12-14/h12-13H,3-11H2,1-2H3/t13-/m0/s1. The molecule has 0 aliphatic rings. The van der Waals surface area contributed by atoms with Gasteiger partial charge in [-0.2, -0.15) is 0 Å². The topological polar surface area (TPSA) is 17.1 Å². The van der Waals surface area contributed by atoms with E-state index in [9.17, 15) is 4.79 Å². The normalized spacial score (nSPS) is 12.7. The van der Waals surface area contributed by atoms with Crippen LogP contribution in [-0.2, 0) is 4.79 Å². The van der Waals surface area contributed by atoms with Crippen LogP contribution in [0.2, 0.25) is 0 Å². The van der Waals surface area contributed by atoms with E-state index < -0.39 is 0 Å². The lowest BCUT2D eigenvalue weighted by Crippen LogP contribution is -1.95. The Morgan fingerprint density at radius 2 is 1.57 bits per heavy atom. The fourth-order valence-electron chi connectivity index (χ4n) is 1.73. The molecule has 0 saturated heterocycles. The molecular formula is C13H26O. The first-order valence-electron chi connectivity index (χ1n) is 6.24. The van der Waals surface area contributed by atoms with Crippen LogP contribution in [0.15, 0.2) is 0 Å². The van der Waals surface area contributed by atoms with Crippen molar-refractivity contribution >= 4 is 6.29 Å². The van der Waals surface area contributed by atoms with Crippen LogP contribution in [0.25, 0.3) is 0 Å². The van der Waals surface area contributed by atoms with Crippen LogP contribution in [0.4, 0.5) is 0 Å². The molecule has 1 nitrogen and oxygen atoms in total. The van der Waals surface area contributed by atoms with Crippen LogP contribution >= 0.6 is 0 Å². The maximum Gasteiger partial charge on any atom is 0.120 e. The van der Waals surface area contributed by atoms with E-state index in [2.05, 4.69) is 13.8 Å². The SMILES string of the molecule is CCCCCCCCC[C@H](C)CC=O. The third-order valence-electron chi connectivity index (χ3n) is 2.80. The van der Waals surface area contributed by atoms with Crippen LogP contribution in [-0.4, -0.2) is 6.29 Å². The molecule has 0 rings (SSSR count). The molecule has 0 unspecified atom stereocenters. The van der Waals surface area contributed by atoms with Gasteiger partial charge in [-0.15, -0.1) is 0 Å². The largest absolute Gasteiger partial charge is 0.303 e. The van der Waals surface area contributed by atoms with E-state index in [4.69, 9.17) is 0 Å². The number of unbranched alkanes of at least 4 members (excludes halogenated alkanes) is 6. The van der Waals surface area contributed by atoms with Gasteiger partial charge in [-0.1, -0.05) is 65.2 Å². The molecule has 1 atom stereocenters. The predicted molar refractivity (Wildman–Crippen MR) is 62.5 cm³/mol. The Labute approximate surface area is 89.3 Å². The predicted octanol–water partition coefficient (Wildman–Crippen LogP) is 4.35. The van der Waals surface area contributed by atoms with Crippen molar-refractivity contribution in [1.29, 1.82) is 0 Å². The van der Waals surface area contributed by atoms with Gasteiger partial charge in [0.15, 0.2) is 0 Å². The lowest BCUT2D eigenvalue weighted by Gasteiger charge is -2.06. The molecule has 0 aliphatic heterocycles. The van der Waals surface area contributed by atoms with Gasteiger partial charge in [0.25, 0.3) is 0 Å². The van der Waals surface area contributed by atoms with Gasteiger partial charge in [-0.25, -0.2) is 0 Å². The summed E-state index contributed by atoms with van der Waals surface area (Å²) in [4.78, 5) is 10.2. The zero-order valence-electron chi connectivity index (χ0n) is 9.93. The average molecular weight is 198 g/mol. The molecule has 0 aromatic heterocycles. The zero-order valence-corrected chi connectivity index (χ0v) is 9.93. The Hall–Kier alpha value is -0.330. The number of carbonyl (C=O) groups excluding carboxylic acids is 1. The lowest BCUT2D eigenvalue weighted by molar-refractivity contribution is -0.108. The molecule has 14 heavy (non-hydrogen) atoms. The quantitative estimate of drug-likeness (QED) is 0.377. The van der Waals surface area contributed by atoms with Crippen LogP contribution in [0.5, 0.6) is 0 Å². The second kappa shape index (κ2) is 10.7. The van der Waals surface area contributed by atoms with E-state index in [0.717, 1.165) is 12.7 Å². The fourth-order valence-corrected chi connectivity index (χ4v) is 1.73. The van der Waals surface area contributed by atoms with Crippen LogP contribution < -0.4 is 0 Å². The molecule has 0 aromatic carbocycles. The summed E-state index contributed by atoms with van der Waals surface area (Å²) in [5, 5.41) is 0. The maximum absolute atomic E-state index is 10.2. The molecule has 0 amide bonds. The first-order chi connectivity index (χ1) is 6.81. The van der Waals surface area contributed by atoms with Crippen LogP contribution in [0.1, 0.15) is 71.6 Å². The van der Waals surface area contributed by atoms with Crippen molar-refractivity contribution in [2.45, 2.75) is 71.6 Å². The average Bonchev–Trinajstić information content (AvgIpc) is 2.17. The number of hydrogen-bond acceptors (Lipinski definition) is 1. The number of hydrogen-bond donors (Lipinski definition) is 0. The summed E-state index contributed by atoms with van der Waals surface area (Å²) in [6, 6.07) is 0. The van der Waals surface area contributed by atoms with Crippen molar-refractivity contribution in [3.8, 4) is 0 Å². The lowest BCUT2D eigenvalue weighted by atomic mass is 9.99. The molecule has 84 valence electrons. The number of aldehydes is 1. The summed E-state index contributed by atoms with van der Waals surface area (Å²) in [6.07, 6.45) is 12.6. The summed E-state index contributed by atoms with van der Waals surface area (Å²) in [7, 11) is 0. The van der Waals surface area contributed by atoms with Gasteiger partial charge in [0, 0.05) is 6.42 Å². The third kappa shape index (κ3) is 9.76. The molecule has 0 saturated carbocycles. The van der Waals surface area contributed by atoms with E-state index in [1.807, 2.05) is 0 Å². The van der Waals surface area contributed by atoms with Crippen molar-refractivity contribution < 1.29 is 4.79 Å².